The third kappa shape index (κ3) is 2.48. The largest absolute Gasteiger partial charge is 0.338 e. The molecule has 0 saturated carbocycles. The molecule has 0 atom stereocenters. The van der Waals surface area contributed by atoms with Gasteiger partial charge in [-0.3, -0.25) is 9.59 Å². The highest BCUT2D eigenvalue weighted by Gasteiger charge is 2.39. The number of fused-ring (bicyclic) bond motifs is 1. The van der Waals surface area contributed by atoms with Crippen LogP contribution in [0.15, 0.2) is 54.6 Å². The molecule has 2 amide bonds. The van der Waals surface area contributed by atoms with Crippen LogP contribution in [0.1, 0.15) is 29.8 Å². The van der Waals surface area contributed by atoms with Gasteiger partial charge in [0.1, 0.15) is 5.54 Å². The summed E-state index contributed by atoms with van der Waals surface area (Å²) in [5.74, 6) is -0.334. The summed E-state index contributed by atoms with van der Waals surface area (Å²) in [6.07, 6.45) is 0. The zero-order valence-electron chi connectivity index (χ0n) is 12.7. The molecule has 2 aromatic carbocycles. The van der Waals surface area contributed by atoms with Gasteiger partial charge in [-0.25, -0.2) is 0 Å². The lowest BCUT2D eigenvalue weighted by atomic mass is 10.0. The number of rotatable bonds is 2. The molecule has 0 aromatic heterocycles. The highest BCUT2D eigenvalue weighted by molar-refractivity contribution is 6.12. The van der Waals surface area contributed by atoms with Crippen LogP contribution in [0.25, 0.3) is 0 Å². The molecule has 0 fully saturated rings. The minimum absolute atomic E-state index is 0.116. The smallest absolute Gasteiger partial charge is 0.254 e. The maximum atomic E-state index is 12.9. The van der Waals surface area contributed by atoms with Gasteiger partial charge in [-0.2, -0.15) is 0 Å². The van der Waals surface area contributed by atoms with E-state index in [4.69, 9.17) is 0 Å². The van der Waals surface area contributed by atoms with Crippen LogP contribution in [0.3, 0.4) is 0 Å². The summed E-state index contributed by atoms with van der Waals surface area (Å²) in [7, 11) is 0. The van der Waals surface area contributed by atoms with Crippen LogP contribution in [-0.2, 0) is 11.3 Å². The van der Waals surface area contributed by atoms with E-state index >= 15 is 0 Å². The Balaban J connectivity index is 2.09. The van der Waals surface area contributed by atoms with Crippen LogP contribution < -0.4 is 10.2 Å². The maximum absolute atomic E-state index is 12.9. The Kier molecular flexibility index (Phi) is 3.45. The van der Waals surface area contributed by atoms with Gasteiger partial charge in [0.05, 0.1) is 17.8 Å². The third-order valence-corrected chi connectivity index (χ3v) is 3.83. The van der Waals surface area contributed by atoms with Crippen molar-refractivity contribution in [3.8, 4) is 0 Å². The van der Waals surface area contributed by atoms with Gasteiger partial charge in [0, 0.05) is 0 Å². The normalized spacial score (nSPS) is 16.7. The third-order valence-electron chi connectivity index (χ3n) is 3.83. The molecule has 4 nitrogen and oxygen atoms in total. The van der Waals surface area contributed by atoms with Gasteiger partial charge in [0.25, 0.3) is 11.8 Å². The molecule has 0 unspecified atom stereocenters. The number of hydrogen-bond donors (Lipinski definition) is 1. The summed E-state index contributed by atoms with van der Waals surface area (Å²) in [5, 5.41) is 2.81. The Hall–Kier alpha value is -2.62. The van der Waals surface area contributed by atoms with Crippen molar-refractivity contribution >= 4 is 17.5 Å². The first-order chi connectivity index (χ1) is 10.5. The maximum Gasteiger partial charge on any atom is 0.254 e. The zero-order chi connectivity index (χ0) is 15.7. The summed E-state index contributed by atoms with van der Waals surface area (Å²) >= 11 is 0. The van der Waals surface area contributed by atoms with Gasteiger partial charge in [0.15, 0.2) is 0 Å². The summed E-state index contributed by atoms with van der Waals surface area (Å²) in [6, 6.07) is 17.0. The second kappa shape index (κ2) is 5.30. The number of para-hydroxylation sites is 1. The lowest BCUT2D eigenvalue weighted by Gasteiger charge is -2.29. The molecule has 1 N–H and O–H groups in total. The highest BCUT2D eigenvalue weighted by atomic mass is 16.2. The van der Waals surface area contributed by atoms with E-state index in [0.717, 1.165) is 5.56 Å². The van der Waals surface area contributed by atoms with Crippen LogP contribution in [0, 0.1) is 0 Å². The van der Waals surface area contributed by atoms with Crippen LogP contribution >= 0.6 is 0 Å². The number of anilines is 1. The Bertz CT molecular complexity index is 723. The van der Waals surface area contributed by atoms with Gasteiger partial charge in [-0.15, -0.1) is 0 Å². The predicted molar refractivity (Wildman–Crippen MR) is 85.6 cm³/mol. The van der Waals surface area contributed by atoms with Crippen molar-refractivity contribution in [2.24, 2.45) is 0 Å². The van der Waals surface area contributed by atoms with Crippen molar-refractivity contribution in [3.05, 3.63) is 65.7 Å². The fourth-order valence-corrected chi connectivity index (χ4v) is 2.68. The van der Waals surface area contributed by atoms with Gasteiger partial charge in [-0.1, -0.05) is 42.5 Å². The zero-order valence-corrected chi connectivity index (χ0v) is 12.7. The van der Waals surface area contributed by atoms with E-state index in [1.54, 1.807) is 24.8 Å². The van der Waals surface area contributed by atoms with Gasteiger partial charge in [-0.05, 0) is 31.5 Å². The number of hydrogen-bond acceptors (Lipinski definition) is 2. The van der Waals surface area contributed by atoms with E-state index in [1.807, 2.05) is 48.5 Å². The van der Waals surface area contributed by atoms with E-state index < -0.39 is 5.54 Å². The minimum atomic E-state index is -0.940. The molecule has 112 valence electrons. The van der Waals surface area contributed by atoms with Gasteiger partial charge < -0.3 is 10.2 Å². The van der Waals surface area contributed by atoms with E-state index in [-0.39, 0.29) is 11.8 Å². The Morgan fingerprint density at radius 1 is 0.955 bits per heavy atom. The van der Waals surface area contributed by atoms with Crippen molar-refractivity contribution in [2.45, 2.75) is 25.9 Å². The molecule has 3 rings (SSSR count). The molecule has 4 heteroatoms. The van der Waals surface area contributed by atoms with E-state index in [2.05, 4.69) is 5.32 Å². The van der Waals surface area contributed by atoms with Crippen LogP contribution in [0.5, 0.6) is 0 Å². The SMILES string of the molecule is CC1(C)NC(=O)c2ccccc2N(Cc2ccccc2)C1=O. The van der Waals surface area contributed by atoms with Crippen molar-refractivity contribution < 1.29 is 9.59 Å². The highest BCUT2D eigenvalue weighted by Crippen LogP contribution is 2.28. The van der Waals surface area contributed by atoms with E-state index in [9.17, 15) is 9.59 Å². The number of nitrogens with zero attached hydrogens (tertiary/aromatic N) is 1. The second-order valence-corrected chi connectivity index (χ2v) is 5.97. The Labute approximate surface area is 129 Å². The van der Waals surface area contributed by atoms with Crippen molar-refractivity contribution in [1.82, 2.24) is 5.32 Å². The van der Waals surface area contributed by atoms with E-state index in [0.29, 0.717) is 17.8 Å². The fraction of sp³-hybridized carbons (Fsp3) is 0.222. The van der Waals surface area contributed by atoms with E-state index in [1.165, 1.54) is 0 Å². The minimum Gasteiger partial charge on any atom is -0.338 e. The monoisotopic (exact) mass is 294 g/mol. The summed E-state index contributed by atoms with van der Waals surface area (Å²) in [5.41, 5.74) is 1.26. The molecular formula is C18H18N2O2. The first-order valence-corrected chi connectivity index (χ1v) is 7.26. The average Bonchev–Trinajstić information content (AvgIpc) is 2.58. The summed E-state index contributed by atoms with van der Waals surface area (Å²) in [4.78, 5) is 26.9. The lowest BCUT2D eigenvalue weighted by Crippen LogP contribution is -2.53. The molecule has 0 radical (unpaired) electrons. The molecule has 0 spiro atoms. The molecule has 1 heterocycles. The quantitative estimate of drug-likeness (QED) is 0.926. The molecular weight excluding hydrogens is 276 g/mol. The molecule has 22 heavy (non-hydrogen) atoms. The fourth-order valence-electron chi connectivity index (χ4n) is 2.68. The number of nitrogens with one attached hydrogen (secondary N) is 1. The summed E-state index contributed by atoms with van der Waals surface area (Å²) in [6.45, 7) is 3.91. The van der Waals surface area contributed by atoms with Crippen molar-refractivity contribution in [2.75, 3.05) is 4.90 Å². The average molecular weight is 294 g/mol. The van der Waals surface area contributed by atoms with Crippen LogP contribution in [0.2, 0.25) is 0 Å². The Morgan fingerprint density at radius 2 is 1.59 bits per heavy atom. The summed E-state index contributed by atoms with van der Waals surface area (Å²) < 4.78 is 0. The van der Waals surface area contributed by atoms with Gasteiger partial charge in [0.2, 0.25) is 0 Å². The molecule has 0 bridgehead atoms. The molecule has 2 aromatic rings. The standard InChI is InChI=1S/C18H18N2O2/c1-18(2)17(22)20(12-13-8-4-3-5-9-13)15-11-7-6-10-14(15)16(21)19-18/h3-11H,12H2,1-2H3,(H,19,21). The molecule has 0 aliphatic carbocycles. The number of benzene rings is 2. The predicted octanol–water partition coefficient (Wildman–Crippen LogP) is 2.74. The van der Waals surface area contributed by atoms with Crippen molar-refractivity contribution in [1.29, 1.82) is 0 Å². The second-order valence-electron chi connectivity index (χ2n) is 5.97. The van der Waals surface area contributed by atoms with Crippen LogP contribution in [-0.4, -0.2) is 17.4 Å². The Morgan fingerprint density at radius 3 is 2.32 bits per heavy atom. The topological polar surface area (TPSA) is 49.4 Å². The van der Waals surface area contributed by atoms with Gasteiger partial charge >= 0.3 is 0 Å². The molecule has 0 saturated heterocycles. The molecule has 1 aliphatic heterocycles. The van der Waals surface area contributed by atoms with Crippen LogP contribution in [0.4, 0.5) is 5.69 Å². The van der Waals surface area contributed by atoms with Crippen molar-refractivity contribution in [3.63, 3.8) is 0 Å². The first-order valence-electron chi connectivity index (χ1n) is 7.26. The lowest BCUT2D eigenvalue weighted by molar-refractivity contribution is -0.123. The number of carbonyl (C=O) groups is 2. The number of amides is 2. The number of carbonyl (C=O) groups excluding carboxylic acids is 2. The first kappa shape index (κ1) is 14.3. The molecule has 1 aliphatic rings.